The molecule has 0 amide bonds. The summed E-state index contributed by atoms with van der Waals surface area (Å²) in [5.74, 6) is -0.982. The van der Waals surface area contributed by atoms with Gasteiger partial charge in [-0.25, -0.2) is 9.78 Å². The molecule has 7 heteroatoms. The van der Waals surface area contributed by atoms with Crippen molar-refractivity contribution >= 4 is 44.3 Å². The number of aromatic hydroxyl groups is 1. The fourth-order valence-electron chi connectivity index (χ4n) is 2.20. The van der Waals surface area contributed by atoms with Crippen molar-refractivity contribution in [3.63, 3.8) is 0 Å². The molecule has 3 aromatic rings. The van der Waals surface area contributed by atoms with E-state index in [1.807, 2.05) is 12.1 Å². The number of esters is 1. The average Bonchev–Trinajstić information content (AvgIpc) is 2.57. The van der Waals surface area contributed by atoms with Crippen molar-refractivity contribution in [2.75, 3.05) is 7.11 Å². The van der Waals surface area contributed by atoms with Crippen LogP contribution >= 0.6 is 27.5 Å². The first-order chi connectivity index (χ1) is 11.0. The second kappa shape index (κ2) is 6.14. The second-order valence-corrected chi connectivity index (χ2v) is 5.90. The van der Waals surface area contributed by atoms with Crippen LogP contribution in [-0.4, -0.2) is 28.2 Å². The van der Waals surface area contributed by atoms with E-state index in [9.17, 15) is 9.90 Å². The molecule has 1 N–H and O–H groups in total. The number of aromatic nitrogens is 2. The van der Waals surface area contributed by atoms with E-state index in [0.29, 0.717) is 26.1 Å². The number of ether oxygens (including phenoxy) is 1. The zero-order valence-electron chi connectivity index (χ0n) is 11.9. The van der Waals surface area contributed by atoms with Gasteiger partial charge < -0.3 is 9.84 Å². The Balaban J connectivity index is 2.22. The summed E-state index contributed by atoms with van der Waals surface area (Å²) in [7, 11) is 1.22. The minimum Gasteiger partial charge on any atom is -0.505 e. The molecule has 0 aliphatic heterocycles. The van der Waals surface area contributed by atoms with E-state index in [-0.39, 0.29) is 11.4 Å². The van der Waals surface area contributed by atoms with Crippen molar-refractivity contribution in [3.05, 3.63) is 51.8 Å². The Bertz CT molecular complexity index is 931. The maximum Gasteiger partial charge on any atom is 0.360 e. The molecule has 0 spiro atoms. The molecule has 0 aliphatic carbocycles. The Morgan fingerprint density at radius 2 is 2.09 bits per heavy atom. The van der Waals surface area contributed by atoms with Gasteiger partial charge in [0.1, 0.15) is 4.60 Å². The van der Waals surface area contributed by atoms with Gasteiger partial charge >= 0.3 is 5.97 Å². The summed E-state index contributed by atoms with van der Waals surface area (Å²) in [4.78, 5) is 20.0. The molecular weight excluding hydrogens is 384 g/mol. The summed E-state index contributed by atoms with van der Waals surface area (Å²) in [6.45, 7) is 0. The topological polar surface area (TPSA) is 72.3 Å². The Morgan fingerprint density at radius 3 is 2.78 bits per heavy atom. The Morgan fingerprint density at radius 1 is 1.30 bits per heavy atom. The van der Waals surface area contributed by atoms with Gasteiger partial charge in [-0.15, -0.1) is 0 Å². The fraction of sp³-hybridized carbons (Fsp3) is 0.0625. The number of rotatable bonds is 2. The third kappa shape index (κ3) is 2.87. The van der Waals surface area contributed by atoms with Gasteiger partial charge in [0.15, 0.2) is 11.4 Å². The van der Waals surface area contributed by atoms with E-state index in [4.69, 9.17) is 11.6 Å². The highest BCUT2D eigenvalue weighted by Crippen LogP contribution is 2.34. The quantitative estimate of drug-likeness (QED) is 0.522. The third-order valence-corrected chi connectivity index (χ3v) is 4.15. The SMILES string of the molecule is COC(=O)c1nc(Br)c2cc(-c3cccc(Cl)c3)ncc2c1O. The smallest absolute Gasteiger partial charge is 0.360 e. The van der Waals surface area contributed by atoms with Crippen LogP contribution in [0.2, 0.25) is 5.02 Å². The summed E-state index contributed by atoms with van der Waals surface area (Å²) in [5.41, 5.74) is 1.35. The van der Waals surface area contributed by atoms with Crippen molar-refractivity contribution in [3.8, 4) is 17.0 Å². The molecule has 2 heterocycles. The first kappa shape index (κ1) is 15.7. The zero-order valence-corrected chi connectivity index (χ0v) is 14.2. The average molecular weight is 394 g/mol. The van der Waals surface area contributed by atoms with Crippen molar-refractivity contribution in [1.29, 1.82) is 0 Å². The first-order valence-corrected chi connectivity index (χ1v) is 7.71. The van der Waals surface area contributed by atoms with Crippen LogP contribution in [0.15, 0.2) is 41.1 Å². The molecule has 0 unspecified atom stereocenters. The van der Waals surface area contributed by atoms with Gasteiger partial charge in [-0.2, -0.15) is 0 Å². The van der Waals surface area contributed by atoms with Crippen molar-refractivity contribution < 1.29 is 14.6 Å². The highest BCUT2D eigenvalue weighted by Gasteiger charge is 2.19. The molecular formula is C16H10BrClN2O3. The number of methoxy groups -OCH3 is 1. The minimum atomic E-state index is -0.719. The predicted octanol–water partition coefficient (Wildman–Crippen LogP) is 4.20. The van der Waals surface area contributed by atoms with Crippen LogP contribution in [-0.2, 0) is 4.74 Å². The molecule has 0 radical (unpaired) electrons. The van der Waals surface area contributed by atoms with E-state index in [1.165, 1.54) is 13.3 Å². The summed E-state index contributed by atoms with van der Waals surface area (Å²) in [6, 6.07) is 9.04. The number of carbonyl (C=O) groups is 1. The fourth-order valence-corrected chi connectivity index (χ4v) is 2.89. The Hall–Kier alpha value is -2.18. The second-order valence-electron chi connectivity index (χ2n) is 4.72. The van der Waals surface area contributed by atoms with Gasteiger partial charge in [0.25, 0.3) is 0 Å². The van der Waals surface area contributed by atoms with Crippen molar-refractivity contribution in [2.24, 2.45) is 0 Å². The van der Waals surface area contributed by atoms with Crippen LogP contribution in [0.4, 0.5) is 0 Å². The number of pyridine rings is 2. The van der Waals surface area contributed by atoms with Crippen LogP contribution in [0.3, 0.4) is 0 Å². The summed E-state index contributed by atoms with van der Waals surface area (Å²) in [5, 5.41) is 11.9. The van der Waals surface area contributed by atoms with Gasteiger partial charge in [0.05, 0.1) is 12.8 Å². The molecule has 5 nitrogen and oxygen atoms in total. The number of benzene rings is 1. The monoisotopic (exact) mass is 392 g/mol. The third-order valence-electron chi connectivity index (χ3n) is 3.31. The van der Waals surface area contributed by atoms with Crippen LogP contribution in [0, 0.1) is 0 Å². The van der Waals surface area contributed by atoms with Gasteiger partial charge in [0.2, 0.25) is 0 Å². The van der Waals surface area contributed by atoms with Gasteiger partial charge in [-0.05, 0) is 34.1 Å². The normalized spacial score (nSPS) is 10.7. The number of nitrogens with zero attached hydrogens (tertiary/aromatic N) is 2. The van der Waals surface area contributed by atoms with E-state index < -0.39 is 5.97 Å². The summed E-state index contributed by atoms with van der Waals surface area (Å²) < 4.78 is 5.02. The van der Waals surface area contributed by atoms with Crippen molar-refractivity contribution in [1.82, 2.24) is 9.97 Å². The highest BCUT2D eigenvalue weighted by molar-refractivity contribution is 9.10. The number of hydrogen-bond acceptors (Lipinski definition) is 5. The predicted molar refractivity (Wildman–Crippen MR) is 90.7 cm³/mol. The van der Waals surface area contributed by atoms with E-state index >= 15 is 0 Å². The summed E-state index contributed by atoms with van der Waals surface area (Å²) in [6.07, 6.45) is 1.49. The maximum atomic E-state index is 11.7. The number of carbonyl (C=O) groups excluding carboxylic acids is 1. The Kier molecular flexibility index (Phi) is 4.19. The van der Waals surface area contributed by atoms with E-state index in [1.54, 1.807) is 18.2 Å². The van der Waals surface area contributed by atoms with Crippen LogP contribution in [0.1, 0.15) is 10.5 Å². The lowest BCUT2D eigenvalue weighted by molar-refractivity contribution is 0.0590. The molecule has 3 rings (SSSR count). The molecule has 116 valence electrons. The van der Waals surface area contributed by atoms with Gasteiger partial charge in [-0.3, -0.25) is 4.98 Å². The Labute approximate surface area is 145 Å². The van der Waals surface area contributed by atoms with Crippen LogP contribution < -0.4 is 0 Å². The summed E-state index contributed by atoms with van der Waals surface area (Å²) >= 11 is 9.32. The minimum absolute atomic E-state index is 0.163. The molecule has 23 heavy (non-hydrogen) atoms. The maximum absolute atomic E-state index is 11.7. The molecule has 0 bridgehead atoms. The van der Waals surface area contributed by atoms with Gasteiger partial charge in [0, 0.05) is 27.6 Å². The molecule has 1 aromatic carbocycles. The van der Waals surface area contributed by atoms with E-state index in [0.717, 1.165) is 5.56 Å². The molecule has 0 saturated heterocycles. The zero-order chi connectivity index (χ0) is 16.6. The van der Waals surface area contributed by atoms with Gasteiger partial charge in [-0.1, -0.05) is 23.7 Å². The molecule has 0 fully saturated rings. The largest absolute Gasteiger partial charge is 0.505 e. The lowest BCUT2D eigenvalue weighted by Crippen LogP contribution is -2.05. The number of hydrogen-bond donors (Lipinski definition) is 1. The lowest BCUT2D eigenvalue weighted by Gasteiger charge is -2.09. The standard InChI is InChI=1S/C16H10BrClN2O3/c1-23-16(22)13-14(21)11-7-19-12(6-10(11)15(17)20-13)8-3-2-4-9(18)5-8/h2-7,21H,1H3. The molecule has 0 saturated carbocycles. The van der Waals surface area contributed by atoms with E-state index in [2.05, 4.69) is 30.6 Å². The van der Waals surface area contributed by atoms with Crippen molar-refractivity contribution in [2.45, 2.75) is 0 Å². The highest BCUT2D eigenvalue weighted by atomic mass is 79.9. The van der Waals surface area contributed by atoms with Crippen LogP contribution in [0.25, 0.3) is 22.0 Å². The molecule has 2 aromatic heterocycles. The first-order valence-electron chi connectivity index (χ1n) is 6.53. The number of halogens is 2. The molecule has 0 aliphatic rings. The molecule has 0 atom stereocenters. The van der Waals surface area contributed by atoms with Crippen LogP contribution in [0.5, 0.6) is 5.75 Å². The lowest BCUT2D eigenvalue weighted by atomic mass is 10.1. The number of fused-ring (bicyclic) bond motifs is 1.